The Morgan fingerprint density at radius 1 is 1.30 bits per heavy atom. The highest BCUT2D eigenvalue weighted by Gasteiger charge is 2.31. The standard InChI is InChI=1S/C16H24BrN3/c1-20-7-3-2-4-12(10-19-15-5-6-15)16(20)13-8-14(17)11-18-9-13/h8-9,11-12,15-16,19H,2-7,10H2,1H3. The number of pyridine rings is 1. The minimum atomic E-state index is 0.494. The summed E-state index contributed by atoms with van der Waals surface area (Å²) < 4.78 is 1.08. The fraction of sp³-hybridized carbons (Fsp3) is 0.688. The quantitative estimate of drug-likeness (QED) is 0.912. The fourth-order valence-corrected chi connectivity index (χ4v) is 3.74. The van der Waals surface area contributed by atoms with Crippen LogP contribution < -0.4 is 5.32 Å². The van der Waals surface area contributed by atoms with Crippen LogP contribution in [-0.2, 0) is 0 Å². The first-order valence-corrected chi connectivity index (χ1v) is 8.57. The van der Waals surface area contributed by atoms with E-state index in [9.17, 15) is 0 Å². The molecule has 0 aromatic carbocycles. The highest BCUT2D eigenvalue weighted by molar-refractivity contribution is 9.10. The Hall–Kier alpha value is -0.450. The summed E-state index contributed by atoms with van der Waals surface area (Å²) in [5.74, 6) is 0.694. The first-order chi connectivity index (χ1) is 9.74. The number of aromatic nitrogens is 1. The monoisotopic (exact) mass is 337 g/mol. The molecule has 3 rings (SSSR count). The summed E-state index contributed by atoms with van der Waals surface area (Å²) in [6, 6.07) is 3.53. The molecular formula is C16H24BrN3. The van der Waals surface area contributed by atoms with Gasteiger partial charge in [-0.05, 0) is 72.8 Å². The van der Waals surface area contributed by atoms with Gasteiger partial charge in [-0.3, -0.25) is 9.88 Å². The van der Waals surface area contributed by atoms with Gasteiger partial charge in [-0.25, -0.2) is 0 Å². The second-order valence-electron chi connectivity index (χ2n) is 6.30. The number of hydrogen-bond acceptors (Lipinski definition) is 3. The number of hydrogen-bond donors (Lipinski definition) is 1. The molecule has 1 aliphatic heterocycles. The summed E-state index contributed by atoms with van der Waals surface area (Å²) in [5, 5.41) is 3.73. The second kappa shape index (κ2) is 6.54. The van der Waals surface area contributed by atoms with Gasteiger partial charge in [0, 0.05) is 35.5 Å². The maximum Gasteiger partial charge on any atom is 0.0410 e. The Labute approximate surface area is 130 Å². The predicted molar refractivity (Wildman–Crippen MR) is 85.7 cm³/mol. The second-order valence-corrected chi connectivity index (χ2v) is 7.22. The summed E-state index contributed by atoms with van der Waals surface area (Å²) in [6.45, 7) is 2.34. The van der Waals surface area contributed by atoms with E-state index >= 15 is 0 Å². The van der Waals surface area contributed by atoms with Gasteiger partial charge in [0.05, 0.1) is 0 Å². The summed E-state index contributed by atoms with van der Waals surface area (Å²) in [4.78, 5) is 6.90. The summed E-state index contributed by atoms with van der Waals surface area (Å²) in [7, 11) is 2.26. The van der Waals surface area contributed by atoms with Gasteiger partial charge in [0.25, 0.3) is 0 Å². The van der Waals surface area contributed by atoms with Crippen molar-refractivity contribution in [1.29, 1.82) is 0 Å². The molecule has 1 aromatic rings. The Bertz CT molecular complexity index is 447. The number of halogens is 1. The van der Waals surface area contributed by atoms with Gasteiger partial charge in [0.15, 0.2) is 0 Å². The zero-order valence-corrected chi connectivity index (χ0v) is 13.8. The Kier molecular flexibility index (Phi) is 4.74. The van der Waals surface area contributed by atoms with Gasteiger partial charge in [0.1, 0.15) is 0 Å². The van der Waals surface area contributed by atoms with E-state index in [0.717, 1.165) is 17.1 Å². The van der Waals surface area contributed by atoms with Gasteiger partial charge in [-0.2, -0.15) is 0 Å². The van der Waals surface area contributed by atoms with Crippen LogP contribution in [0.4, 0.5) is 0 Å². The van der Waals surface area contributed by atoms with Crippen molar-refractivity contribution in [3.63, 3.8) is 0 Å². The number of likely N-dealkylation sites (tertiary alicyclic amines) is 1. The van der Waals surface area contributed by atoms with Crippen LogP contribution in [-0.4, -0.2) is 36.1 Å². The smallest absolute Gasteiger partial charge is 0.0410 e. The van der Waals surface area contributed by atoms with Crippen LogP contribution in [0.5, 0.6) is 0 Å². The molecule has 0 bridgehead atoms. The van der Waals surface area contributed by atoms with Crippen molar-refractivity contribution in [2.24, 2.45) is 5.92 Å². The zero-order chi connectivity index (χ0) is 13.9. The lowest BCUT2D eigenvalue weighted by Crippen LogP contribution is -2.35. The van der Waals surface area contributed by atoms with Crippen molar-refractivity contribution in [2.75, 3.05) is 20.1 Å². The summed E-state index contributed by atoms with van der Waals surface area (Å²) in [6.07, 6.45) is 10.6. The lowest BCUT2D eigenvalue weighted by molar-refractivity contribution is 0.188. The van der Waals surface area contributed by atoms with Crippen LogP contribution >= 0.6 is 15.9 Å². The van der Waals surface area contributed by atoms with E-state index in [2.05, 4.69) is 44.2 Å². The molecule has 2 fully saturated rings. The van der Waals surface area contributed by atoms with Crippen LogP contribution in [0.15, 0.2) is 22.9 Å². The molecule has 0 radical (unpaired) electrons. The highest BCUT2D eigenvalue weighted by atomic mass is 79.9. The lowest BCUT2D eigenvalue weighted by Gasteiger charge is -2.33. The van der Waals surface area contributed by atoms with E-state index in [1.54, 1.807) is 0 Å². The van der Waals surface area contributed by atoms with Crippen molar-refractivity contribution >= 4 is 15.9 Å². The minimum absolute atomic E-state index is 0.494. The van der Waals surface area contributed by atoms with Crippen molar-refractivity contribution < 1.29 is 0 Å². The summed E-state index contributed by atoms with van der Waals surface area (Å²) in [5.41, 5.74) is 1.35. The van der Waals surface area contributed by atoms with E-state index in [0.29, 0.717) is 12.0 Å². The normalized spacial score (nSPS) is 28.3. The van der Waals surface area contributed by atoms with Crippen molar-refractivity contribution in [1.82, 2.24) is 15.2 Å². The largest absolute Gasteiger partial charge is 0.314 e. The molecule has 2 unspecified atom stereocenters. The maximum absolute atomic E-state index is 4.37. The SMILES string of the molecule is CN1CCCCC(CNC2CC2)C1c1cncc(Br)c1. The third-order valence-electron chi connectivity index (χ3n) is 4.57. The average molecular weight is 338 g/mol. The first-order valence-electron chi connectivity index (χ1n) is 7.78. The van der Waals surface area contributed by atoms with Crippen molar-refractivity contribution in [3.05, 3.63) is 28.5 Å². The fourth-order valence-electron chi connectivity index (χ4n) is 3.36. The van der Waals surface area contributed by atoms with Gasteiger partial charge in [-0.1, -0.05) is 6.42 Å². The van der Waals surface area contributed by atoms with E-state index in [-0.39, 0.29) is 0 Å². The van der Waals surface area contributed by atoms with Gasteiger partial charge >= 0.3 is 0 Å². The first kappa shape index (κ1) is 14.5. The highest BCUT2D eigenvalue weighted by Crippen LogP contribution is 2.35. The van der Waals surface area contributed by atoms with E-state index in [1.807, 2.05) is 12.4 Å². The van der Waals surface area contributed by atoms with E-state index in [4.69, 9.17) is 0 Å². The molecule has 1 N–H and O–H groups in total. The third kappa shape index (κ3) is 3.60. The van der Waals surface area contributed by atoms with Gasteiger partial charge < -0.3 is 5.32 Å². The molecule has 1 aliphatic carbocycles. The number of nitrogens with zero attached hydrogens (tertiary/aromatic N) is 2. The molecule has 20 heavy (non-hydrogen) atoms. The van der Waals surface area contributed by atoms with Crippen LogP contribution in [0.25, 0.3) is 0 Å². The number of nitrogens with one attached hydrogen (secondary N) is 1. The average Bonchev–Trinajstić information content (AvgIpc) is 3.24. The van der Waals surface area contributed by atoms with Crippen LogP contribution in [0.1, 0.15) is 43.7 Å². The Balaban J connectivity index is 1.79. The predicted octanol–water partition coefficient (Wildman–Crippen LogP) is 3.37. The lowest BCUT2D eigenvalue weighted by atomic mass is 9.90. The zero-order valence-electron chi connectivity index (χ0n) is 12.2. The minimum Gasteiger partial charge on any atom is -0.314 e. The number of rotatable bonds is 4. The molecule has 1 saturated heterocycles. The Morgan fingerprint density at radius 2 is 2.15 bits per heavy atom. The van der Waals surface area contributed by atoms with E-state index in [1.165, 1.54) is 44.2 Å². The molecular weight excluding hydrogens is 314 g/mol. The molecule has 2 aliphatic rings. The molecule has 110 valence electrons. The van der Waals surface area contributed by atoms with Crippen LogP contribution in [0.2, 0.25) is 0 Å². The molecule has 3 nitrogen and oxygen atoms in total. The van der Waals surface area contributed by atoms with Crippen LogP contribution in [0, 0.1) is 5.92 Å². The van der Waals surface area contributed by atoms with Crippen molar-refractivity contribution in [2.45, 2.75) is 44.2 Å². The molecule has 2 heterocycles. The Morgan fingerprint density at radius 3 is 2.90 bits per heavy atom. The van der Waals surface area contributed by atoms with E-state index < -0.39 is 0 Å². The summed E-state index contributed by atoms with van der Waals surface area (Å²) >= 11 is 3.56. The maximum atomic E-state index is 4.37. The molecule has 0 spiro atoms. The molecule has 0 amide bonds. The molecule has 2 atom stereocenters. The third-order valence-corrected chi connectivity index (χ3v) is 5.00. The molecule has 1 aromatic heterocycles. The topological polar surface area (TPSA) is 28.2 Å². The van der Waals surface area contributed by atoms with Gasteiger partial charge in [0.2, 0.25) is 0 Å². The van der Waals surface area contributed by atoms with Gasteiger partial charge in [-0.15, -0.1) is 0 Å². The molecule has 4 heteroatoms. The van der Waals surface area contributed by atoms with Crippen LogP contribution in [0.3, 0.4) is 0 Å². The van der Waals surface area contributed by atoms with Crippen molar-refractivity contribution in [3.8, 4) is 0 Å². The molecule has 1 saturated carbocycles.